The fraction of sp³-hybridized carbons (Fsp3) is 0.286. The van der Waals surface area contributed by atoms with Gasteiger partial charge in [0, 0.05) is 21.8 Å². The summed E-state index contributed by atoms with van der Waals surface area (Å²) in [5, 5.41) is 4.20. The fourth-order valence-electron chi connectivity index (χ4n) is 2.37. The maximum atomic E-state index is 6.37. The molecule has 1 aliphatic heterocycles. The van der Waals surface area contributed by atoms with Crippen molar-refractivity contribution in [1.29, 1.82) is 0 Å². The van der Waals surface area contributed by atoms with Crippen LogP contribution in [0.2, 0.25) is 0 Å². The van der Waals surface area contributed by atoms with Crippen LogP contribution >= 0.6 is 27.3 Å². The van der Waals surface area contributed by atoms with Crippen LogP contribution in [0.3, 0.4) is 0 Å². The first-order valence-electron chi connectivity index (χ1n) is 5.93. The van der Waals surface area contributed by atoms with Gasteiger partial charge >= 0.3 is 0 Å². The summed E-state index contributed by atoms with van der Waals surface area (Å²) in [5.41, 5.74) is 8.82. The van der Waals surface area contributed by atoms with Gasteiger partial charge in [-0.05, 0) is 44.9 Å². The van der Waals surface area contributed by atoms with Gasteiger partial charge in [-0.3, -0.25) is 0 Å². The first-order valence-corrected chi connectivity index (χ1v) is 7.67. The largest absolute Gasteiger partial charge is 0.493 e. The summed E-state index contributed by atoms with van der Waals surface area (Å²) in [5.74, 6) is 1.34. The molecule has 0 spiro atoms. The van der Waals surface area contributed by atoms with Crippen molar-refractivity contribution >= 4 is 27.3 Å². The van der Waals surface area contributed by atoms with Crippen molar-refractivity contribution < 1.29 is 4.74 Å². The molecule has 1 aromatic carbocycles. The molecule has 0 saturated heterocycles. The summed E-state index contributed by atoms with van der Waals surface area (Å²) in [7, 11) is 0. The molecule has 4 heteroatoms. The molecule has 0 bridgehead atoms. The van der Waals surface area contributed by atoms with E-state index in [9.17, 15) is 0 Å². The molecule has 0 aliphatic carbocycles. The SMILES string of the molecule is NC(c1cscc1Br)C1COc2ccccc2C1. The number of halogens is 1. The quantitative estimate of drug-likeness (QED) is 0.913. The van der Waals surface area contributed by atoms with Crippen molar-refractivity contribution in [3.8, 4) is 5.75 Å². The van der Waals surface area contributed by atoms with Crippen molar-refractivity contribution in [3.63, 3.8) is 0 Å². The molecule has 2 atom stereocenters. The zero-order valence-electron chi connectivity index (χ0n) is 9.80. The Kier molecular flexibility index (Phi) is 3.41. The summed E-state index contributed by atoms with van der Waals surface area (Å²) in [6, 6.07) is 8.23. The standard InChI is InChI=1S/C14H14BrNOS/c15-12-8-18-7-11(12)14(16)10-5-9-3-1-2-4-13(9)17-6-10/h1-4,7-8,10,14H,5-6,16H2. The molecule has 1 aliphatic rings. The first-order chi connectivity index (χ1) is 8.75. The minimum absolute atomic E-state index is 0.0268. The topological polar surface area (TPSA) is 35.2 Å². The molecule has 0 fully saturated rings. The average Bonchev–Trinajstić information content (AvgIpc) is 2.83. The van der Waals surface area contributed by atoms with E-state index < -0.39 is 0 Å². The highest BCUT2D eigenvalue weighted by molar-refractivity contribution is 9.10. The predicted molar refractivity (Wildman–Crippen MR) is 78.1 cm³/mol. The Labute approximate surface area is 119 Å². The van der Waals surface area contributed by atoms with E-state index in [4.69, 9.17) is 10.5 Å². The Morgan fingerprint density at radius 2 is 2.17 bits per heavy atom. The van der Waals surface area contributed by atoms with Gasteiger partial charge in [-0.1, -0.05) is 18.2 Å². The van der Waals surface area contributed by atoms with E-state index in [0.717, 1.165) is 16.6 Å². The average molecular weight is 324 g/mol. The number of thiophene rings is 1. The Balaban J connectivity index is 1.82. The van der Waals surface area contributed by atoms with E-state index in [2.05, 4.69) is 38.8 Å². The second-order valence-corrected chi connectivity index (χ2v) is 6.18. The number of nitrogens with two attached hydrogens (primary N) is 1. The minimum atomic E-state index is 0.0268. The molecular formula is C14H14BrNOS. The number of rotatable bonds is 2. The number of fused-ring (bicyclic) bond motifs is 1. The lowest BCUT2D eigenvalue weighted by molar-refractivity contribution is 0.200. The first kappa shape index (κ1) is 12.2. The fourth-order valence-corrected chi connectivity index (χ4v) is 3.97. The van der Waals surface area contributed by atoms with Gasteiger partial charge in [0.25, 0.3) is 0 Å². The minimum Gasteiger partial charge on any atom is -0.493 e. The van der Waals surface area contributed by atoms with E-state index >= 15 is 0 Å². The van der Waals surface area contributed by atoms with E-state index in [1.807, 2.05) is 12.1 Å². The number of hydrogen-bond acceptors (Lipinski definition) is 3. The lowest BCUT2D eigenvalue weighted by Crippen LogP contribution is -2.31. The van der Waals surface area contributed by atoms with Crippen molar-refractivity contribution in [2.75, 3.05) is 6.61 Å². The molecule has 2 unspecified atom stereocenters. The van der Waals surface area contributed by atoms with E-state index in [1.54, 1.807) is 11.3 Å². The molecular weight excluding hydrogens is 310 g/mol. The zero-order valence-corrected chi connectivity index (χ0v) is 12.2. The van der Waals surface area contributed by atoms with Crippen LogP contribution in [0.1, 0.15) is 17.2 Å². The summed E-state index contributed by atoms with van der Waals surface area (Å²) >= 11 is 5.23. The lowest BCUT2D eigenvalue weighted by atomic mass is 9.88. The second-order valence-electron chi connectivity index (χ2n) is 4.58. The van der Waals surface area contributed by atoms with Crippen molar-refractivity contribution in [2.45, 2.75) is 12.5 Å². The molecule has 0 radical (unpaired) electrons. The highest BCUT2D eigenvalue weighted by atomic mass is 79.9. The summed E-state index contributed by atoms with van der Waals surface area (Å²) in [6.45, 7) is 0.695. The van der Waals surface area contributed by atoms with Crippen molar-refractivity contribution in [2.24, 2.45) is 11.7 Å². The van der Waals surface area contributed by atoms with Crippen molar-refractivity contribution in [3.05, 3.63) is 50.6 Å². The van der Waals surface area contributed by atoms with E-state index in [1.165, 1.54) is 11.1 Å². The van der Waals surface area contributed by atoms with Crippen molar-refractivity contribution in [1.82, 2.24) is 0 Å². The van der Waals surface area contributed by atoms with Gasteiger partial charge in [0.2, 0.25) is 0 Å². The third kappa shape index (κ3) is 2.20. The predicted octanol–water partition coefficient (Wildman–Crippen LogP) is 3.76. The number of para-hydroxylation sites is 1. The van der Waals surface area contributed by atoms with Crippen LogP contribution < -0.4 is 10.5 Å². The molecule has 94 valence electrons. The number of ether oxygens (including phenoxy) is 1. The highest BCUT2D eigenvalue weighted by Crippen LogP contribution is 2.35. The highest BCUT2D eigenvalue weighted by Gasteiger charge is 2.27. The van der Waals surface area contributed by atoms with Gasteiger partial charge in [-0.25, -0.2) is 0 Å². The van der Waals surface area contributed by atoms with Crippen LogP contribution in [-0.2, 0) is 6.42 Å². The van der Waals surface area contributed by atoms with E-state index in [0.29, 0.717) is 12.5 Å². The van der Waals surface area contributed by atoms with Crippen LogP contribution in [0.4, 0.5) is 0 Å². The third-order valence-corrected chi connectivity index (χ3v) is 5.17. The Morgan fingerprint density at radius 1 is 1.33 bits per heavy atom. The zero-order chi connectivity index (χ0) is 12.5. The van der Waals surface area contributed by atoms with Gasteiger partial charge in [-0.15, -0.1) is 0 Å². The van der Waals surface area contributed by atoms with Crippen LogP contribution in [0.25, 0.3) is 0 Å². The third-order valence-electron chi connectivity index (χ3n) is 3.42. The molecule has 3 rings (SSSR count). The molecule has 2 nitrogen and oxygen atoms in total. The monoisotopic (exact) mass is 323 g/mol. The number of hydrogen-bond donors (Lipinski definition) is 1. The van der Waals surface area contributed by atoms with E-state index in [-0.39, 0.29) is 6.04 Å². The summed E-state index contributed by atoms with van der Waals surface area (Å²) in [4.78, 5) is 0. The molecule has 18 heavy (non-hydrogen) atoms. The maximum Gasteiger partial charge on any atom is 0.122 e. The molecule has 0 amide bonds. The smallest absolute Gasteiger partial charge is 0.122 e. The second kappa shape index (κ2) is 5.03. The van der Waals surface area contributed by atoms with Gasteiger partial charge in [-0.2, -0.15) is 11.3 Å². The molecule has 2 N–H and O–H groups in total. The van der Waals surface area contributed by atoms with Crippen LogP contribution in [0, 0.1) is 5.92 Å². The molecule has 1 aromatic heterocycles. The summed E-state index contributed by atoms with van der Waals surface area (Å²) < 4.78 is 6.91. The normalized spacial score (nSPS) is 20.0. The van der Waals surface area contributed by atoms with Crippen LogP contribution in [-0.4, -0.2) is 6.61 Å². The lowest BCUT2D eigenvalue weighted by Gasteiger charge is -2.29. The van der Waals surface area contributed by atoms with Gasteiger partial charge in [0.15, 0.2) is 0 Å². The molecule has 2 heterocycles. The van der Waals surface area contributed by atoms with Gasteiger partial charge in [0.05, 0.1) is 6.61 Å². The Bertz CT molecular complexity index is 554. The maximum absolute atomic E-state index is 6.37. The van der Waals surface area contributed by atoms with Crippen LogP contribution in [0.15, 0.2) is 39.5 Å². The van der Waals surface area contributed by atoms with Gasteiger partial charge < -0.3 is 10.5 Å². The molecule has 0 saturated carbocycles. The number of benzene rings is 1. The Hall–Kier alpha value is -0.840. The van der Waals surface area contributed by atoms with Crippen LogP contribution in [0.5, 0.6) is 5.75 Å². The Morgan fingerprint density at radius 3 is 2.94 bits per heavy atom. The summed E-state index contributed by atoms with van der Waals surface area (Å²) in [6.07, 6.45) is 0.986. The van der Waals surface area contributed by atoms with Gasteiger partial charge in [0.1, 0.15) is 5.75 Å². The molecule has 2 aromatic rings.